The second-order valence-electron chi connectivity index (χ2n) is 6.24. The van der Waals surface area contributed by atoms with Crippen LogP contribution in [0.15, 0.2) is 42.5 Å². The van der Waals surface area contributed by atoms with Crippen LogP contribution < -0.4 is 15.0 Å². The van der Waals surface area contributed by atoms with Crippen LogP contribution in [0.3, 0.4) is 0 Å². The molecule has 1 fully saturated rings. The number of fused-ring (bicyclic) bond motifs is 1. The smallest absolute Gasteiger partial charge is 0.321 e. The number of carbonyl (C=O) groups is 1. The van der Waals surface area contributed by atoms with E-state index in [2.05, 4.69) is 10.2 Å². The van der Waals surface area contributed by atoms with Crippen molar-refractivity contribution in [2.75, 3.05) is 43.5 Å². The molecule has 1 N–H and O–H groups in total. The zero-order valence-electron chi connectivity index (χ0n) is 14.8. The standard InChI is InChI=1S/C19H19FN4O2S/c1-26-15-6-7-16-17(12-15)27-19(22-16)24-10-8-23(9-11-24)18(25)21-14-4-2-13(20)3-5-14/h2-7,12H,8-11H2,1H3,(H,21,25). The SMILES string of the molecule is COc1ccc2nc(N3CCN(C(=O)Nc4ccc(F)cc4)CC3)sc2c1. The highest BCUT2D eigenvalue weighted by atomic mass is 32.1. The first-order chi connectivity index (χ1) is 13.1. The zero-order chi connectivity index (χ0) is 18.8. The molecular formula is C19H19FN4O2S. The average molecular weight is 386 g/mol. The Balaban J connectivity index is 1.38. The van der Waals surface area contributed by atoms with E-state index in [0.29, 0.717) is 31.9 Å². The fraction of sp³-hybridized carbons (Fsp3) is 0.263. The van der Waals surface area contributed by atoms with E-state index < -0.39 is 0 Å². The number of piperazine rings is 1. The maximum Gasteiger partial charge on any atom is 0.321 e. The molecule has 2 amide bonds. The molecule has 4 rings (SSSR count). The summed E-state index contributed by atoms with van der Waals surface area (Å²) in [5.74, 6) is 0.495. The minimum Gasteiger partial charge on any atom is -0.497 e. The van der Waals surface area contributed by atoms with Crippen molar-refractivity contribution in [1.82, 2.24) is 9.88 Å². The summed E-state index contributed by atoms with van der Waals surface area (Å²) < 4.78 is 19.3. The number of anilines is 2. The summed E-state index contributed by atoms with van der Waals surface area (Å²) in [5, 5.41) is 3.76. The fourth-order valence-corrected chi connectivity index (χ4v) is 4.04. The number of urea groups is 1. The molecule has 0 saturated carbocycles. The molecule has 6 nitrogen and oxygen atoms in total. The third-order valence-corrected chi connectivity index (χ3v) is 5.60. The first-order valence-electron chi connectivity index (χ1n) is 8.63. The largest absolute Gasteiger partial charge is 0.497 e. The molecule has 1 saturated heterocycles. The van der Waals surface area contributed by atoms with Gasteiger partial charge in [-0.2, -0.15) is 0 Å². The predicted octanol–water partition coefficient (Wildman–Crippen LogP) is 3.80. The van der Waals surface area contributed by atoms with Crippen molar-refractivity contribution in [2.24, 2.45) is 0 Å². The third-order valence-electron chi connectivity index (χ3n) is 4.52. The molecule has 0 bridgehead atoms. The number of hydrogen-bond donors (Lipinski definition) is 1. The van der Waals surface area contributed by atoms with Gasteiger partial charge in [-0.15, -0.1) is 0 Å². The van der Waals surface area contributed by atoms with Crippen LogP contribution in [-0.4, -0.2) is 49.2 Å². The maximum atomic E-state index is 13.0. The van der Waals surface area contributed by atoms with Gasteiger partial charge in [0.2, 0.25) is 0 Å². The van der Waals surface area contributed by atoms with Gasteiger partial charge in [0.05, 0.1) is 17.3 Å². The summed E-state index contributed by atoms with van der Waals surface area (Å²) in [6.07, 6.45) is 0. The van der Waals surface area contributed by atoms with E-state index in [1.807, 2.05) is 18.2 Å². The Kier molecular flexibility index (Phi) is 4.81. The quantitative estimate of drug-likeness (QED) is 0.744. The average Bonchev–Trinajstić information content (AvgIpc) is 3.13. The lowest BCUT2D eigenvalue weighted by Crippen LogP contribution is -2.50. The van der Waals surface area contributed by atoms with Crippen molar-refractivity contribution < 1.29 is 13.9 Å². The summed E-state index contributed by atoms with van der Waals surface area (Å²) in [5.41, 5.74) is 1.54. The van der Waals surface area contributed by atoms with Crippen LogP contribution in [0, 0.1) is 5.82 Å². The topological polar surface area (TPSA) is 57.7 Å². The lowest BCUT2D eigenvalue weighted by atomic mass is 10.3. The summed E-state index contributed by atoms with van der Waals surface area (Å²) in [6, 6.07) is 11.5. The molecule has 3 aromatic rings. The van der Waals surface area contributed by atoms with Gasteiger partial charge in [0.25, 0.3) is 0 Å². The number of methoxy groups -OCH3 is 1. The van der Waals surface area contributed by atoms with Crippen LogP contribution in [0.4, 0.5) is 20.0 Å². The third kappa shape index (κ3) is 3.80. The van der Waals surface area contributed by atoms with Crippen molar-refractivity contribution in [3.05, 3.63) is 48.3 Å². The Morgan fingerprint density at radius 2 is 1.89 bits per heavy atom. The van der Waals surface area contributed by atoms with Crippen molar-refractivity contribution in [3.63, 3.8) is 0 Å². The number of benzene rings is 2. The summed E-state index contributed by atoms with van der Waals surface area (Å²) >= 11 is 1.63. The molecule has 1 aliphatic heterocycles. The number of aromatic nitrogens is 1. The van der Waals surface area contributed by atoms with Crippen LogP contribution in [0.25, 0.3) is 10.2 Å². The van der Waals surface area contributed by atoms with Crippen LogP contribution in [0.1, 0.15) is 0 Å². The maximum absolute atomic E-state index is 13.0. The number of thiazole rings is 1. The van der Waals surface area contributed by atoms with E-state index in [0.717, 1.165) is 21.1 Å². The second kappa shape index (κ2) is 7.40. The monoisotopic (exact) mass is 386 g/mol. The number of hydrogen-bond acceptors (Lipinski definition) is 5. The number of halogens is 1. The Labute approximate surface area is 160 Å². The summed E-state index contributed by atoms with van der Waals surface area (Å²) in [4.78, 5) is 21.0. The molecule has 0 atom stereocenters. The van der Waals surface area contributed by atoms with E-state index in [4.69, 9.17) is 9.72 Å². The van der Waals surface area contributed by atoms with Crippen LogP contribution in [0.5, 0.6) is 5.75 Å². The Hall–Kier alpha value is -2.87. The van der Waals surface area contributed by atoms with Gasteiger partial charge in [-0.3, -0.25) is 0 Å². The van der Waals surface area contributed by atoms with Gasteiger partial charge in [-0.05, 0) is 42.5 Å². The highest BCUT2D eigenvalue weighted by molar-refractivity contribution is 7.22. The molecule has 140 valence electrons. The number of nitrogens with zero attached hydrogens (tertiary/aromatic N) is 3. The molecular weight excluding hydrogens is 367 g/mol. The highest BCUT2D eigenvalue weighted by Crippen LogP contribution is 2.31. The first-order valence-corrected chi connectivity index (χ1v) is 9.45. The van der Waals surface area contributed by atoms with Crippen molar-refractivity contribution in [2.45, 2.75) is 0 Å². The highest BCUT2D eigenvalue weighted by Gasteiger charge is 2.23. The summed E-state index contributed by atoms with van der Waals surface area (Å²) in [6.45, 7) is 2.64. The Morgan fingerprint density at radius 1 is 1.15 bits per heavy atom. The number of amides is 2. The van der Waals surface area contributed by atoms with Crippen LogP contribution >= 0.6 is 11.3 Å². The molecule has 0 radical (unpaired) electrons. The normalized spacial score (nSPS) is 14.4. The number of rotatable bonds is 3. The van der Waals surface area contributed by atoms with Gasteiger partial charge in [-0.1, -0.05) is 11.3 Å². The van der Waals surface area contributed by atoms with Gasteiger partial charge in [0.15, 0.2) is 5.13 Å². The minimum atomic E-state index is -0.324. The molecule has 2 aromatic carbocycles. The van der Waals surface area contributed by atoms with Crippen molar-refractivity contribution in [3.8, 4) is 5.75 Å². The van der Waals surface area contributed by atoms with E-state index in [-0.39, 0.29) is 11.8 Å². The van der Waals surface area contributed by atoms with E-state index in [1.54, 1.807) is 35.5 Å². The summed E-state index contributed by atoms with van der Waals surface area (Å²) in [7, 11) is 1.65. The Morgan fingerprint density at radius 3 is 2.59 bits per heavy atom. The van der Waals surface area contributed by atoms with E-state index in [1.165, 1.54) is 12.1 Å². The van der Waals surface area contributed by atoms with Gasteiger partial charge >= 0.3 is 6.03 Å². The minimum absolute atomic E-state index is 0.171. The van der Waals surface area contributed by atoms with Crippen LogP contribution in [-0.2, 0) is 0 Å². The van der Waals surface area contributed by atoms with Gasteiger partial charge in [0.1, 0.15) is 11.6 Å². The Bertz CT molecular complexity index is 952. The number of carbonyl (C=O) groups excluding carboxylic acids is 1. The molecule has 0 aliphatic carbocycles. The van der Waals surface area contributed by atoms with Gasteiger partial charge in [-0.25, -0.2) is 14.2 Å². The molecule has 0 spiro atoms. The van der Waals surface area contributed by atoms with Crippen molar-refractivity contribution in [1.29, 1.82) is 0 Å². The van der Waals surface area contributed by atoms with Gasteiger partial charge < -0.3 is 19.9 Å². The molecule has 2 heterocycles. The molecule has 27 heavy (non-hydrogen) atoms. The first kappa shape index (κ1) is 17.5. The van der Waals surface area contributed by atoms with Gasteiger partial charge in [0, 0.05) is 31.9 Å². The lowest BCUT2D eigenvalue weighted by Gasteiger charge is -2.34. The van der Waals surface area contributed by atoms with E-state index in [9.17, 15) is 9.18 Å². The molecule has 0 unspecified atom stereocenters. The van der Waals surface area contributed by atoms with E-state index >= 15 is 0 Å². The fourth-order valence-electron chi connectivity index (χ4n) is 2.99. The molecule has 1 aliphatic rings. The number of nitrogens with one attached hydrogen (secondary N) is 1. The molecule has 8 heteroatoms. The number of ether oxygens (including phenoxy) is 1. The molecule has 1 aromatic heterocycles. The van der Waals surface area contributed by atoms with Crippen molar-refractivity contribution >= 4 is 38.4 Å². The predicted molar refractivity (Wildman–Crippen MR) is 105 cm³/mol. The lowest BCUT2D eigenvalue weighted by molar-refractivity contribution is 0.208. The zero-order valence-corrected chi connectivity index (χ0v) is 15.6. The second-order valence-corrected chi connectivity index (χ2v) is 7.25. The van der Waals surface area contributed by atoms with Crippen LogP contribution in [0.2, 0.25) is 0 Å².